The number of aromatic nitrogens is 3. The Balaban J connectivity index is 1.83. The monoisotopic (exact) mass is 294 g/mol. The standard InChI is InChI=1S/C14H19ClN4O/c1-11(15)14-17-12-10-16-3-2-13(12)19(14)5-4-18-6-8-20-9-7-18/h2-3,10-11H,4-9H2,1H3. The largest absolute Gasteiger partial charge is 0.379 e. The molecule has 6 heteroatoms. The molecule has 1 atom stereocenters. The number of fused-ring (bicyclic) bond motifs is 1. The highest BCUT2D eigenvalue weighted by Crippen LogP contribution is 2.23. The van der Waals surface area contributed by atoms with Crippen molar-refractivity contribution in [1.29, 1.82) is 0 Å². The van der Waals surface area contributed by atoms with E-state index in [0.717, 1.165) is 56.3 Å². The van der Waals surface area contributed by atoms with E-state index < -0.39 is 0 Å². The van der Waals surface area contributed by atoms with Gasteiger partial charge in [0.15, 0.2) is 0 Å². The van der Waals surface area contributed by atoms with Crippen molar-refractivity contribution >= 4 is 22.6 Å². The molecule has 0 saturated carbocycles. The summed E-state index contributed by atoms with van der Waals surface area (Å²) >= 11 is 6.26. The van der Waals surface area contributed by atoms with Crippen LogP contribution in [0.2, 0.25) is 0 Å². The van der Waals surface area contributed by atoms with E-state index in [-0.39, 0.29) is 5.38 Å². The topological polar surface area (TPSA) is 43.2 Å². The molecule has 2 aromatic rings. The zero-order chi connectivity index (χ0) is 13.9. The van der Waals surface area contributed by atoms with Crippen molar-refractivity contribution in [3.63, 3.8) is 0 Å². The third-order valence-corrected chi connectivity index (χ3v) is 3.87. The van der Waals surface area contributed by atoms with Crippen molar-refractivity contribution in [3.05, 3.63) is 24.3 Å². The van der Waals surface area contributed by atoms with E-state index in [0.29, 0.717) is 0 Å². The van der Waals surface area contributed by atoms with Crippen LogP contribution in [0.1, 0.15) is 18.1 Å². The molecule has 108 valence electrons. The molecule has 3 heterocycles. The number of hydrogen-bond donors (Lipinski definition) is 0. The fourth-order valence-corrected chi connectivity index (χ4v) is 2.77. The molecule has 1 unspecified atom stereocenters. The fourth-order valence-electron chi connectivity index (χ4n) is 2.61. The van der Waals surface area contributed by atoms with E-state index in [4.69, 9.17) is 16.3 Å². The number of imidazole rings is 1. The molecule has 0 aliphatic carbocycles. The average molecular weight is 295 g/mol. The highest BCUT2D eigenvalue weighted by atomic mass is 35.5. The van der Waals surface area contributed by atoms with Gasteiger partial charge in [0.1, 0.15) is 11.3 Å². The minimum absolute atomic E-state index is 0.105. The van der Waals surface area contributed by atoms with E-state index in [2.05, 4.69) is 19.4 Å². The minimum Gasteiger partial charge on any atom is -0.379 e. The maximum atomic E-state index is 6.26. The molecule has 1 aliphatic rings. The summed E-state index contributed by atoms with van der Waals surface area (Å²) in [7, 11) is 0. The zero-order valence-corrected chi connectivity index (χ0v) is 12.4. The Morgan fingerprint density at radius 2 is 2.15 bits per heavy atom. The first-order valence-electron chi connectivity index (χ1n) is 7.00. The summed E-state index contributed by atoms with van der Waals surface area (Å²) in [6, 6.07) is 2.00. The molecule has 0 N–H and O–H groups in total. The molecule has 0 spiro atoms. The van der Waals surface area contributed by atoms with Gasteiger partial charge in [-0.05, 0) is 13.0 Å². The third kappa shape index (κ3) is 2.80. The quantitative estimate of drug-likeness (QED) is 0.810. The molecule has 0 bridgehead atoms. The lowest BCUT2D eigenvalue weighted by molar-refractivity contribution is 0.0364. The van der Waals surface area contributed by atoms with Gasteiger partial charge in [-0.15, -0.1) is 11.6 Å². The first-order chi connectivity index (χ1) is 9.75. The highest BCUT2D eigenvalue weighted by Gasteiger charge is 2.16. The predicted molar refractivity (Wildman–Crippen MR) is 79.1 cm³/mol. The summed E-state index contributed by atoms with van der Waals surface area (Å²) in [6.07, 6.45) is 3.60. The number of ether oxygens (including phenoxy) is 1. The Kier molecular flexibility index (Phi) is 4.19. The van der Waals surface area contributed by atoms with Gasteiger partial charge in [0.25, 0.3) is 0 Å². The predicted octanol–water partition coefficient (Wildman–Crippen LogP) is 2.06. The number of alkyl halides is 1. The smallest absolute Gasteiger partial charge is 0.127 e. The molecule has 2 aromatic heterocycles. The summed E-state index contributed by atoms with van der Waals surface area (Å²) in [5.74, 6) is 0.919. The summed E-state index contributed by atoms with van der Waals surface area (Å²) < 4.78 is 7.59. The van der Waals surface area contributed by atoms with Crippen LogP contribution in [0.5, 0.6) is 0 Å². The van der Waals surface area contributed by atoms with Crippen LogP contribution in [-0.2, 0) is 11.3 Å². The van der Waals surface area contributed by atoms with Crippen LogP contribution in [0.15, 0.2) is 18.5 Å². The van der Waals surface area contributed by atoms with Crippen LogP contribution in [0.25, 0.3) is 11.0 Å². The number of hydrogen-bond acceptors (Lipinski definition) is 4. The van der Waals surface area contributed by atoms with Gasteiger partial charge in [0, 0.05) is 32.4 Å². The third-order valence-electron chi connectivity index (χ3n) is 3.68. The van der Waals surface area contributed by atoms with Crippen LogP contribution < -0.4 is 0 Å². The van der Waals surface area contributed by atoms with Crippen molar-refractivity contribution in [1.82, 2.24) is 19.4 Å². The van der Waals surface area contributed by atoms with Gasteiger partial charge in [0.05, 0.1) is 30.3 Å². The van der Waals surface area contributed by atoms with E-state index in [1.807, 2.05) is 13.0 Å². The zero-order valence-electron chi connectivity index (χ0n) is 11.6. The molecular formula is C14H19ClN4O. The first-order valence-corrected chi connectivity index (χ1v) is 7.43. The van der Waals surface area contributed by atoms with Gasteiger partial charge in [-0.2, -0.15) is 0 Å². The Morgan fingerprint density at radius 1 is 1.35 bits per heavy atom. The van der Waals surface area contributed by atoms with Gasteiger partial charge in [-0.25, -0.2) is 4.98 Å². The van der Waals surface area contributed by atoms with Crippen LogP contribution >= 0.6 is 11.6 Å². The number of rotatable bonds is 4. The van der Waals surface area contributed by atoms with Gasteiger partial charge in [-0.1, -0.05) is 0 Å². The molecule has 5 nitrogen and oxygen atoms in total. The van der Waals surface area contributed by atoms with E-state index >= 15 is 0 Å². The van der Waals surface area contributed by atoms with Gasteiger partial charge in [-0.3, -0.25) is 9.88 Å². The number of halogens is 1. The Morgan fingerprint density at radius 3 is 2.90 bits per heavy atom. The molecule has 0 radical (unpaired) electrons. The molecule has 1 saturated heterocycles. The van der Waals surface area contributed by atoms with Crippen molar-refractivity contribution in [2.75, 3.05) is 32.8 Å². The second-order valence-corrected chi connectivity index (χ2v) is 5.71. The minimum atomic E-state index is -0.105. The van der Waals surface area contributed by atoms with Crippen molar-refractivity contribution in [2.24, 2.45) is 0 Å². The van der Waals surface area contributed by atoms with Crippen LogP contribution in [0, 0.1) is 0 Å². The normalized spacial score (nSPS) is 18.5. The molecule has 20 heavy (non-hydrogen) atoms. The lowest BCUT2D eigenvalue weighted by Crippen LogP contribution is -2.38. The van der Waals surface area contributed by atoms with Crippen molar-refractivity contribution in [2.45, 2.75) is 18.8 Å². The molecule has 3 rings (SSSR count). The van der Waals surface area contributed by atoms with Crippen LogP contribution in [-0.4, -0.2) is 52.3 Å². The molecule has 1 aliphatic heterocycles. The van der Waals surface area contributed by atoms with E-state index in [1.54, 1.807) is 12.4 Å². The van der Waals surface area contributed by atoms with Gasteiger partial charge < -0.3 is 9.30 Å². The second-order valence-electron chi connectivity index (χ2n) is 5.06. The average Bonchev–Trinajstić information content (AvgIpc) is 2.85. The summed E-state index contributed by atoms with van der Waals surface area (Å²) in [5, 5.41) is -0.105. The van der Waals surface area contributed by atoms with Gasteiger partial charge >= 0.3 is 0 Å². The summed E-state index contributed by atoms with van der Waals surface area (Å²) in [6.45, 7) is 7.50. The van der Waals surface area contributed by atoms with E-state index in [1.165, 1.54) is 0 Å². The summed E-state index contributed by atoms with van der Waals surface area (Å²) in [4.78, 5) is 11.1. The van der Waals surface area contributed by atoms with Crippen molar-refractivity contribution < 1.29 is 4.74 Å². The Hall–Kier alpha value is -1.17. The second kappa shape index (κ2) is 6.08. The molecule has 0 amide bonds. The van der Waals surface area contributed by atoms with Gasteiger partial charge in [0.2, 0.25) is 0 Å². The van der Waals surface area contributed by atoms with E-state index in [9.17, 15) is 0 Å². The molecule has 0 aromatic carbocycles. The van der Waals surface area contributed by atoms with Crippen LogP contribution in [0.4, 0.5) is 0 Å². The fraction of sp³-hybridized carbons (Fsp3) is 0.571. The Bertz CT molecular complexity index is 578. The SMILES string of the molecule is CC(Cl)c1nc2cnccc2n1CCN1CCOCC1. The lowest BCUT2D eigenvalue weighted by Gasteiger charge is -2.27. The number of morpholine rings is 1. The highest BCUT2D eigenvalue weighted by molar-refractivity contribution is 6.20. The maximum absolute atomic E-state index is 6.26. The molecular weight excluding hydrogens is 276 g/mol. The lowest BCUT2D eigenvalue weighted by atomic mass is 10.3. The summed E-state index contributed by atoms with van der Waals surface area (Å²) in [5.41, 5.74) is 2.02. The number of nitrogens with zero attached hydrogens (tertiary/aromatic N) is 4. The number of pyridine rings is 1. The first kappa shape index (κ1) is 13.8. The molecule has 1 fully saturated rings. The van der Waals surface area contributed by atoms with Crippen LogP contribution in [0.3, 0.4) is 0 Å². The van der Waals surface area contributed by atoms with Crippen molar-refractivity contribution in [3.8, 4) is 0 Å². The Labute approximate surface area is 123 Å². The maximum Gasteiger partial charge on any atom is 0.127 e.